The van der Waals surface area contributed by atoms with Gasteiger partial charge in [0, 0.05) is 6.42 Å². The summed E-state index contributed by atoms with van der Waals surface area (Å²) in [6.45, 7) is 1.73. The Balaban J connectivity index is 1.47. The average Bonchev–Trinajstić information content (AvgIpc) is 3.34. The minimum Gasteiger partial charge on any atom is -0.394 e. The second-order valence-corrected chi connectivity index (χ2v) is 23.9. The van der Waals surface area contributed by atoms with Crippen LogP contribution in [-0.2, 0) is 33.2 Å². The number of carbonyl (C=O) groups is 1. The molecule has 83 heavy (non-hydrogen) atoms. The van der Waals surface area contributed by atoms with Crippen molar-refractivity contribution in [3.05, 3.63) is 24.3 Å². The molecule has 3 fully saturated rings. The van der Waals surface area contributed by atoms with E-state index in [1.165, 1.54) is 173 Å². The summed E-state index contributed by atoms with van der Waals surface area (Å²) in [6.07, 6.45) is 24.4. The van der Waals surface area contributed by atoms with Crippen LogP contribution in [0.25, 0.3) is 0 Å². The number of ether oxygens (including phenoxy) is 6. The number of rotatable bonds is 50. The van der Waals surface area contributed by atoms with Gasteiger partial charge in [-0.1, -0.05) is 231 Å². The van der Waals surface area contributed by atoms with Crippen molar-refractivity contribution >= 4 is 5.91 Å². The van der Waals surface area contributed by atoms with Crippen LogP contribution < -0.4 is 5.32 Å². The van der Waals surface area contributed by atoms with Crippen LogP contribution >= 0.6 is 0 Å². The first kappa shape index (κ1) is 75.5. The summed E-state index contributed by atoms with van der Waals surface area (Å²) in [4.78, 5) is 13.4. The molecule has 17 unspecified atom stereocenters. The molecular weight excluding hydrogens is 1070 g/mol. The zero-order valence-corrected chi connectivity index (χ0v) is 51.2. The molecule has 0 radical (unpaired) electrons. The zero-order valence-electron chi connectivity index (χ0n) is 51.2. The molecule has 0 saturated carbocycles. The predicted octanol–water partition coefficient (Wildman–Crippen LogP) is 7.49. The molecule has 0 spiro atoms. The van der Waals surface area contributed by atoms with Gasteiger partial charge in [0.25, 0.3) is 0 Å². The van der Waals surface area contributed by atoms with Crippen LogP contribution in [0.4, 0.5) is 0 Å². The van der Waals surface area contributed by atoms with Crippen LogP contribution in [0.3, 0.4) is 0 Å². The van der Waals surface area contributed by atoms with Crippen LogP contribution in [0.1, 0.15) is 245 Å². The van der Waals surface area contributed by atoms with E-state index in [4.69, 9.17) is 28.4 Å². The maximum atomic E-state index is 13.4. The topological polar surface area (TPSA) is 307 Å². The van der Waals surface area contributed by atoms with Gasteiger partial charge in [0.1, 0.15) is 73.2 Å². The first-order valence-corrected chi connectivity index (χ1v) is 33.1. The van der Waals surface area contributed by atoms with Crippen molar-refractivity contribution in [2.24, 2.45) is 0 Å². The lowest BCUT2D eigenvalue weighted by Crippen LogP contribution is -2.66. The summed E-state index contributed by atoms with van der Waals surface area (Å²) in [5.41, 5.74) is 0. The Morgan fingerprint density at radius 3 is 1.20 bits per heavy atom. The van der Waals surface area contributed by atoms with E-state index < -0.39 is 124 Å². The Morgan fingerprint density at radius 1 is 0.422 bits per heavy atom. The van der Waals surface area contributed by atoms with Gasteiger partial charge in [0.05, 0.1) is 38.6 Å². The normalized spacial score (nSPS) is 29.5. The summed E-state index contributed by atoms with van der Waals surface area (Å²) >= 11 is 0. The molecule has 0 bridgehead atoms. The maximum absolute atomic E-state index is 13.4. The summed E-state index contributed by atoms with van der Waals surface area (Å²) < 4.78 is 34.3. The molecule has 17 atom stereocenters. The molecule has 3 aliphatic heterocycles. The summed E-state index contributed by atoms with van der Waals surface area (Å²) in [7, 11) is 0. The molecule has 488 valence electrons. The monoisotopic (exact) mass is 1190 g/mol. The largest absolute Gasteiger partial charge is 0.394 e. The van der Waals surface area contributed by atoms with Gasteiger partial charge in [-0.05, 0) is 32.1 Å². The molecule has 3 rings (SSSR count). The maximum Gasteiger partial charge on any atom is 0.220 e. The molecule has 19 nitrogen and oxygen atoms in total. The molecule has 3 saturated heterocycles. The fraction of sp³-hybridized carbons (Fsp3) is 0.922. The summed E-state index contributed by atoms with van der Waals surface area (Å²) in [5, 5.41) is 120. The third-order valence-electron chi connectivity index (χ3n) is 16.8. The molecule has 0 aliphatic carbocycles. The molecule has 3 heterocycles. The van der Waals surface area contributed by atoms with Crippen molar-refractivity contribution in [3.63, 3.8) is 0 Å². The fourth-order valence-electron chi connectivity index (χ4n) is 11.3. The summed E-state index contributed by atoms with van der Waals surface area (Å²) in [5.74, 6) is -0.281. The molecular formula is C64H119NO18. The van der Waals surface area contributed by atoms with E-state index in [9.17, 15) is 61.0 Å². The standard InChI is InChI=1S/C64H119NO18/c1-3-5-7-9-11-13-15-17-19-21-22-23-24-26-28-30-32-34-36-38-40-42-52(70)65-47(48(69)41-39-37-35-33-31-29-27-25-20-18-16-14-12-10-8-6-4-2)46-78-62-58(76)55(73)60(50(44-67)80-62)83-64-59(77)56(74)61(51(45-68)81-64)82-63-57(75)54(72)53(71)49(43-66)79-63/h31,33,39,41,47-51,53-64,66-69,71-77H,3-30,32,34-38,40,42-46H2,1-2H3,(H,65,70)/b33-31+,41-39+. The van der Waals surface area contributed by atoms with Gasteiger partial charge in [-0.25, -0.2) is 0 Å². The van der Waals surface area contributed by atoms with E-state index in [1.807, 2.05) is 6.08 Å². The fourth-order valence-corrected chi connectivity index (χ4v) is 11.3. The van der Waals surface area contributed by atoms with Crippen LogP contribution in [0.5, 0.6) is 0 Å². The second-order valence-electron chi connectivity index (χ2n) is 23.9. The van der Waals surface area contributed by atoms with Gasteiger partial charge in [0.15, 0.2) is 18.9 Å². The first-order chi connectivity index (χ1) is 40.3. The first-order valence-electron chi connectivity index (χ1n) is 33.1. The van der Waals surface area contributed by atoms with Gasteiger partial charge in [0.2, 0.25) is 5.91 Å². The average molecular weight is 1190 g/mol. The highest BCUT2D eigenvalue weighted by Gasteiger charge is 2.53. The van der Waals surface area contributed by atoms with Crippen LogP contribution in [0.2, 0.25) is 0 Å². The van der Waals surface area contributed by atoms with E-state index in [1.54, 1.807) is 6.08 Å². The Bertz CT molecular complexity index is 1610. The Labute approximate surface area is 498 Å². The quantitative estimate of drug-likeness (QED) is 0.0207. The number of unbranched alkanes of at least 4 members (excludes halogenated alkanes) is 32. The highest BCUT2D eigenvalue weighted by molar-refractivity contribution is 5.76. The van der Waals surface area contributed by atoms with E-state index in [0.717, 1.165) is 38.5 Å². The molecule has 1 amide bonds. The number of hydrogen-bond donors (Lipinski definition) is 12. The Morgan fingerprint density at radius 2 is 0.771 bits per heavy atom. The highest BCUT2D eigenvalue weighted by atomic mass is 16.8. The van der Waals surface area contributed by atoms with Crippen molar-refractivity contribution < 1.29 is 89.4 Å². The third-order valence-corrected chi connectivity index (χ3v) is 16.8. The van der Waals surface area contributed by atoms with Crippen LogP contribution in [-0.4, -0.2) is 193 Å². The van der Waals surface area contributed by atoms with E-state index in [2.05, 4.69) is 31.3 Å². The SMILES string of the molecule is CCCCCCCCCCCCC/C=C/CC/C=C/C(O)C(COC1OC(CO)C(OC2OC(CO)C(OC3OC(CO)C(O)C(O)C3O)C(O)C2O)C(O)C1O)NC(=O)CCCCCCCCCCCCCCCCCCCCCCC. The van der Waals surface area contributed by atoms with Gasteiger partial charge in [-0.2, -0.15) is 0 Å². The van der Waals surface area contributed by atoms with Gasteiger partial charge < -0.3 is 89.9 Å². The van der Waals surface area contributed by atoms with Crippen molar-refractivity contribution in [1.29, 1.82) is 0 Å². The highest BCUT2D eigenvalue weighted by Crippen LogP contribution is 2.33. The predicted molar refractivity (Wildman–Crippen MR) is 319 cm³/mol. The van der Waals surface area contributed by atoms with Crippen molar-refractivity contribution in [2.45, 2.75) is 349 Å². The summed E-state index contributed by atoms with van der Waals surface area (Å²) in [6, 6.07) is -0.986. The number of aliphatic hydroxyl groups excluding tert-OH is 11. The molecule has 12 N–H and O–H groups in total. The van der Waals surface area contributed by atoms with Crippen LogP contribution in [0, 0.1) is 0 Å². The number of allylic oxidation sites excluding steroid dienone is 3. The Kier molecular flexibility index (Phi) is 43.0. The molecule has 0 aromatic rings. The molecule has 3 aliphatic rings. The Hall–Kier alpha value is -1.73. The van der Waals surface area contributed by atoms with E-state index >= 15 is 0 Å². The lowest BCUT2D eigenvalue weighted by atomic mass is 9.96. The van der Waals surface area contributed by atoms with Gasteiger partial charge >= 0.3 is 0 Å². The lowest BCUT2D eigenvalue weighted by Gasteiger charge is -2.48. The van der Waals surface area contributed by atoms with Gasteiger partial charge in [-0.15, -0.1) is 0 Å². The van der Waals surface area contributed by atoms with Crippen molar-refractivity contribution in [3.8, 4) is 0 Å². The molecule has 0 aromatic carbocycles. The minimum absolute atomic E-state index is 0.240. The molecule has 0 aromatic heterocycles. The number of nitrogens with one attached hydrogen (secondary N) is 1. The second kappa shape index (κ2) is 47.3. The van der Waals surface area contributed by atoms with Crippen LogP contribution in [0.15, 0.2) is 24.3 Å². The van der Waals surface area contributed by atoms with Gasteiger partial charge in [-0.3, -0.25) is 4.79 Å². The minimum atomic E-state index is -1.98. The third kappa shape index (κ3) is 30.4. The smallest absolute Gasteiger partial charge is 0.220 e. The zero-order chi connectivity index (χ0) is 60.5. The number of carbonyl (C=O) groups excluding carboxylic acids is 1. The van der Waals surface area contributed by atoms with Crippen molar-refractivity contribution in [1.82, 2.24) is 5.32 Å². The van der Waals surface area contributed by atoms with Crippen molar-refractivity contribution in [2.75, 3.05) is 26.4 Å². The number of amides is 1. The number of aliphatic hydroxyl groups is 11. The lowest BCUT2D eigenvalue weighted by molar-refractivity contribution is -0.379. The molecule has 19 heteroatoms. The van der Waals surface area contributed by atoms with E-state index in [0.29, 0.717) is 12.8 Å². The van der Waals surface area contributed by atoms with E-state index in [-0.39, 0.29) is 18.9 Å². The number of hydrogen-bond acceptors (Lipinski definition) is 18.